The van der Waals surface area contributed by atoms with Gasteiger partial charge in [0.15, 0.2) is 0 Å². The van der Waals surface area contributed by atoms with Crippen LogP contribution in [0.2, 0.25) is 0 Å². The van der Waals surface area contributed by atoms with Crippen LogP contribution in [0.5, 0.6) is 0 Å². The Morgan fingerprint density at radius 3 is 2.29 bits per heavy atom. The highest BCUT2D eigenvalue weighted by Gasteiger charge is 2.51. The van der Waals surface area contributed by atoms with Gasteiger partial charge in [-0.1, -0.05) is 44.2 Å². The van der Waals surface area contributed by atoms with Crippen molar-refractivity contribution in [2.45, 2.75) is 50.3 Å². The highest BCUT2D eigenvalue weighted by molar-refractivity contribution is 7.92. The van der Waals surface area contributed by atoms with E-state index in [-0.39, 0.29) is 10.8 Å². The quantitative estimate of drug-likeness (QED) is 0.703. The molecule has 0 saturated heterocycles. The lowest BCUT2D eigenvalue weighted by molar-refractivity contribution is -0.123. The topological polar surface area (TPSA) is 75.3 Å². The molecule has 150 valence electrons. The second kappa shape index (κ2) is 7.95. The maximum atomic E-state index is 12.6. The maximum absolute atomic E-state index is 12.6. The molecule has 0 unspecified atom stereocenters. The number of benzene rings is 2. The van der Waals surface area contributed by atoms with Gasteiger partial charge in [-0.2, -0.15) is 0 Å². The summed E-state index contributed by atoms with van der Waals surface area (Å²) < 4.78 is 27.9. The average Bonchev–Trinajstić information content (AvgIpc) is 3.44. The van der Waals surface area contributed by atoms with Crippen molar-refractivity contribution in [3.8, 4) is 0 Å². The van der Waals surface area contributed by atoms with Crippen molar-refractivity contribution < 1.29 is 13.2 Å². The Balaban J connectivity index is 1.70. The number of aryl methyl sites for hydroxylation is 1. The number of hydrogen-bond acceptors (Lipinski definition) is 3. The smallest absolute Gasteiger partial charge is 0.262 e. The Morgan fingerprint density at radius 1 is 1.07 bits per heavy atom. The van der Waals surface area contributed by atoms with Crippen LogP contribution >= 0.6 is 0 Å². The molecule has 1 fully saturated rings. The van der Waals surface area contributed by atoms with Crippen molar-refractivity contribution in [2.24, 2.45) is 5.92 Å². The van der Waals surface area contributed by atoms with Crippen LogP contribution in [0, 0.1) is 12.8 Å². The molecule has 0 aromatic heterocycles. The minimum absolute atomic E-state index is 0.0707. The zero-order valence-electron chi connectivity index (χ0n) is 16.7. The SMILES string of the molecule is Cc1ccccc1S(=O)(=O)Nc1ccc(C2(C(=O)NCCC(C)C)CC2)cc1. The molecule has 2 aromatic carbocycles. The Labute approximate surface area is 167 Å². The van der Waals surface area contributed by atoms with E-state index in [4.69, 9.17) is 0 Å². The van der Waals surface area contributed by atoms with Crippen molar-refractivity contribution in [2.75, 3.05) is 11.3 Å². The minimum Gasteiger partial charge on any atom is -0.355 e. The summed E-state index contributed by atoms with van der Waals surface area (Å²) in [5.41, 5.74) is 1.67. The molecule has 0 radical (unpaired) electrons. The lowest BCUT2D eigenvalue weighted by Crippen LogP contribution is -2.35. The highest BCUT2D eigenvalue weighted by atomic mass is 32.2. The molecule has 2 aromatic rings. The minimum atomic E-state index is -3.64. The normalized spacial score (nSPS) is 15.3. The third-order valence-corrected chi connectivity index (χ3v) is 6.81. The summed E-state index contributed by atoms with van der Waals surface area (Å²) in [6, 6.07) is 14.0. The van der Waals surface area contributed by atoms with E-state index in [1.165, 1.54) is 0 Å². The van der Waals surface area contributed by atoms with Crippen LogP contribution < -0.4 is 10.0 Å². The predicted molar refractivity (Wildman–Crippen MR) is 112 cm³/mol. The predicted octanol–water partition coefficient (Wildman–Crippen LogP) is 3.99. The van der Waals surface area contributed by atoms with E-state index in [9.17, 15) is 13.2 Å². The van der Waals surface area contributed by atoms with Crippen LogP contribution in [-0.4, -0.2) is 20.9 Å². The third kappa shape index (κ3) is 4.38. The van der Waals surface area contributed by atoms with E-state index >= 15 is 0 Å². The van der Waals surface area contributed by atoms with Gasteiger partial charge < -0.3 is 5.32 Å². The van der Waals surface area contributed by atoms with Crippen molar-refractivity contribution in [3.05, 3.63) is 59.7 Å². The van der Waals surface area contributed by atoms with E-state index in [2.05, 4.69) is 23.9 Å². The molecule has 3 rings (SSSR count). The standard InChI is InChI=1S/C22H28N2O3S/c1-16(2)12-15-23-21(25)22(13-14-22)18-8-10-19(11-9-18)24-28(26,27)20-7-5-4-6-17(20)3/h4-11,16,24H,12-15H2,1-3H3,(H,23,25). The van der Waals surface area contributed by atoms with Gasteiger partial charge >= 0.3 is 0 Å². The summed E-state index contributed by atoms with van der Waals surface area (Å²) in [7, 11) is -3.64. The summed E-state index contributed by atoms with van der Waals surface area (Å²) in [6.07, 6.45) is 2.62. The number of hydrogen-bond donors (Lipinski definition) is 2. The number of rotatable bonds is 8. The number of carbonyl (C=O) groups is 1. The van der Waals surface area contributed by atoms with Crippen LogP contribution in [0.15, 0.2) is 53.4 Å². The van der Waals surface area contributed by atoms with Crippen LogP contribution in [0.25, 0.3) is 0 Å². The first-order chi connectivity index (χ1) is 13.2. The van der Waals surface area contributed by atoms with E-state index < -0.39 is 15.4 Å². The molecule has 0 bridgehead atoms. The van der Waals surface area contributed by atoms with Crippen molar-refractivity contribution >= 4 is 21.6 Å². The van der Waals surface area contributed by atoms with Crippen molar-refractivity contribution in [1.29, 1.82) is 0 Å². The van der Waals surface area contributed by atoms with Gasteiger partial charge in [0.2, 0.25) is 5.91 Å². The zero-order valence-corrected chi connectivity index (χ0v) is 17.5. The van der Waals surface area contributed by atoms with Gasteiger partial charge in [0, 0.05) is 12.2 Å². The summed E-state index contributed by atoms with van der Waals surface area (Å²) in [4.78, 5) is 12.9. The fourth-order valence-electron chi connectivity index (χ4n) is 3.34. The highest BCUT2D eigenvalue weighted by Crippen LogP contribution is 2.48. The molecular formula is C22H28N2O3S. The van der Waals surface area contributed by atoms with E-state index in [1.807, 2.05) is 18.2 Å². The first kappa shape index (κ1) is 20.4. The van der Waals surface area contributed by atoms with Crippen LogP contribution in [-0.2, 0) is 20.2 Å². The van der Waals surface area contributed by atoms with Gasteiger partial charge in [-0.05, 0) is 61.4 Å². The number of sulfonamides is 1. The van der Waals surface area contributed by atoms with Gasteiger partial charge in [-0.25, -0.2) is 8.42 Å². The largest absolute Gasteiger partial charge is 0.355 e. The molecule has 0 spiro atoms. The van der Waals surface area contributed by atoms with E-state index in [0.29, 0.717) is 23.7 Å². The monoisotopic (exact) mass is 400 g/mol. The molecule has 1 aliphatic carbocycles. The molecule has 0 atom stereocenters. The molecular weight excluding hydrogens is 372 g/mol. The first-order valence-corrected chi connectivity index (χ1v) is 11.2. The molecule has 2 N–H and O–H groups in total. The van der Waals surface area contributed by atoms with Crippen LogP contribution in [0.4, 0.5) is 5.69 Å². The van der Waals surface area contributed by atoms with Gasteiger partial charge in [0.25, 0.3) is 10.0 Å². The van der Waals surface area contributed by atoms with Gasteiger partial charge in [0.1, 0.15) is 0 Å². The number of anilines is 1. The van der Waals surface area contributed by atoms with Gasteiger partial charge in [0.05, 0.1) is 10.3 Å². The fourth-order valence-corrected chi connectivity index (χ4v) is 4.65. The molecule has 5 nitrogen and oxygen atoms in total. The van der Waals surface area contributed by atoms with E-state index in [0.717, 1.165) is 24.8 Å². The molecule has 0 heterocycles. The molecule has 0 aliphatic heterocycles. The van der Waals surface area contributed by atoms with Gasteiger partial charge in [-0.3, -0.25) is 9.52 Å². The van der Waals surface area contributed by atoms with Gasteiger partial charge in [-0.15, -0.1) is 0 Å². The lowest BCUT2D eigenvalue weighted by atomic mass is 9.94. The van der Waals surface area contributed by atoms with Crippen molar-refractivity contribution in [1.82, 2.24) is 5.32 Å². The molecule has 6 heteroatoms. The second-order valence-corrected chi connectivity index (χ2v) is 9.62. The molecule has 1 amide bonds. The fraction of sp³-hybridized carbons (Fsp3) is 0.409. The molecule has 1 aliphatic rings. The Morgan fingerprint density at radius 2 is 1.71 bits per heavy atom. The second-order valence-electron chi connectivity index (χ2n) is 7.97. The number of nitrogens with one attached hydrogen (secondary N) is 2. The molecule has 28 heavy (non-hydrogen) atoms. The average molecular weight is 401 g/mol. The van der Waals surface area contributed by atoms with Crippen LogP contribution in [0.3, 0.4) is 0 Å². The molecule has 1 saturated carbocycles. The summed E-state index contributed by atoms with van der Waals surface area (Å²) >= 11 is 0. The Bertz CT molecular complexity index is 946. The number of amides is 1. The summed E-state index contributed by atoms with van der Waals surface area (Å²) in [5.74, 6) is 0.623. The number of carbonyl (C=O) groups excluding carboxylic acids is 1. The zero-order chi connectivity index (χ0) is 20.4. The summed E-state index contributed by atoms with van der Waals surface area (Å²) in [5, 5.41) is 3.05. The summed E-state index contributed by atoms with van der Waals surface area (Å²) in [6.45, 7) is 6.73. The lowest BCUT2D eigenvalue weighted by Gasteiger charge is -2.17. The third-order valence-electron chi connectivity index (χ3n) is 5.26. The van der Waals surface area contributed by atoms with E-state index in [1.54, 1.807) is 37.3 Å². The Kier molecular flexibility index (Phi) is 5.79. The van der Waals surface area contributed by atoms with Crippen molar-refractivity contribution in [3.63, 3.8) is 0 Å². The maximum Gasteiger partial charge on any atom is 0.262 e. The Hall–Kier alpha value is -2.34. The first-order valence-electron chi connectivity index (χ1n) is 9.72. The van der Waals surface area contributed by atoms with Crippen LogP contribution in [0.1, 0.15) is 44.2 Å².